The number of fused-ring (bicyclic) bond motifs is 7. The molecule has 0 radical (unpaired) electrons. The van der Waals surface area contributed by atoms with Crippen molar-refractivity contribution in [3.8, 4) is 12.3 Å². The normalized spacial score (nSPS) is 11.2. The van der Waals surface area contributed by atoms with E-state index in [1.54, 1.807) is 68.3 Å². The van der Waals surface area contributed by atoms with Crippen molar-refractivity contribution in [2.24, 2.45) is 0 Å². The minimum atomic E-state index is -0.0631. The van der Waals surface area contributed by atoms with Gasteiger partial charge in [0, 0.05) is 114 Å². The molecule has 14 rings (SSSR count). The molecule has 7 N–H and O–H groups in total. The Morgan fingerprint density at radius 2 is 1.05 bits per heavy atom. The van der Waals surface area contributed by atoms with E-state index in [2.05, 4.69) is 211 Å². The van der Waals surface area contributed by atoms with Crippen LogP contribution in [0.2, 0.25) is 0 Å². The third-order valence-electron chi connectivity index (χ3n) is 15.6. The number of aryl methyl sites for hydroxylation is 3. The molecule has 0 saturated carbocycles. The maximum absolute atomic E-state index is 11.5. The second-order valence-electron chi connectivity index (χ2n) is 24.9. The highest BCUT2D eigenvalue weighted by Crippen LogP contribution is 2.30. The summed E-state index contributed by atoms with van der Waals surface area (Å²) in [5.74, 6) is 4.09. The van der Waals surface area contributed by atoms with E-state index >= 15 is 0 Å². The van der Waals surface area contributed by atoms with Crippen LogP contribution in [-0.4, -0.2) is 115 Å². The minimum absolute atomic E-state index is 0. The van der Waals surface area contributed by atoms with Gasteiger partial charge in [0.15, 0.2) is 21.6 Å². The summed E-state index contributed by atoms with van der Waals surface area (Å²) in [6.07, 6.45) is 31.2. The molecule has 27 heteroatoms. The Morgan fingerprint density at radius 3 is 1.63 bits per heavy atom. The van der Waals surface area contributed by atoms with E-state index in [4.69, 9.17) is 30.1 Å². The van der Waals surface area contributed by atoms with Crippen molar-refractivity contribution < 1.29 is 0 Å². The summed E-state index contributed by atoms with van der Waals surface area (Å²) in [7, 11) is 1.89. The summed E-state index contributed by atoms with van der Waals surface area (Å²) in [5.41, 5.74) is 26.2. The topological polar surface area (TPSA) is 302 Å². The zero-order valence-corrected chi connectivity index (χ0v) is 60.5. The first-order valence-corrected chi connectivity index (χ1v) is 33.8. The number of aromatic amines is 2. The highest BCUT2D eigenvalue weighted by molar-refractivity contribution is 7.98. The smallest absolute Gasteiger partial charge is 0.260 e. The molecule has 0 unspecified atom stereocenters. The fraction of sp³-hybridized carbons (Fsp3) is 0.380. The van der Waals surface area contributed by atoms with Crippen LogP contribution in [0.25, 0.3) is 77.8 Å². The zero-order valence-electron chi connectivity index (χ0n) is 58.9. The molecule has 0 aliphatic rings. The van der Waals surface area contributed by atoms with Gasteiger partial charge in [0.2, 0.25) is 0 Å². The number of anilines is 3. The Balaban J connectivity index is 0.000000161. The molecule has 14 aromatic heterocycles. The number of nitrogen functional groups attached to an aromatic ring is 2. The Labute approximate surface area is 581 Å². The molecule has 98 heavy (non-hydrogen) atoms. The van der Waals surface area contributed by atoms with Crippen LogP contribution in [0, 0.1) is 37.8 Å². The number of nitrogens with two attached hydrogens (primary N) is 2. The molecule has 0 fully saturated rings. The van der Waals surface area contributed by atoms with Gasteiger partial charge in [-0.3, -0.25) is 4.79 Å². The molecule has 14 aromatic rings. The van der Waals surface area contributed by atoms with Crippen molar-refractivity contribution in [3.63, 3.8) is 0 Å². The number of hydrogen-bond donors (Lipinski definition) is 5. The number of hydrogen-bond acceptors (Lipinski definition) is 18. The molecule has 0 saturated heterocycles. The maximum Gasteiger partial charge on any atom is 0.260 e. The lowest BCUT2D eigenvalue weighted by Crippen LogP contribution is -2.10. The molecular formula is C71H94N24OS2. The lowest BCUT2D eigenvalue weighted by Gasteiger charge is -2.07. The summed E-state index contributed by atoms with van der Waals surface area (Å²) in [5, 5.41) is 5.73. The number of imidazole rings is 4. The lowest BCUT2D eigenvalue weighted by atomic mass is 10.2. The molecule has 0 amide bonds. The predicted molar refractivity (Wildman–Crippen MR) is 405 cm³/mol. The first-order valence-electron chi connectivity index (χ1n) is 32.1. The third-order valence-corrected chi connectivity index (χ3v) is 16.7. The third kappa shape index (κ3) is 16.7. The molecule has 0 bridgehead atoms. The van der Waals surface area contributed by atoms with E-state index in [1.807, 2.05) is 88.0 Å². The van der Waals surface area contributed by atoms with Gasteiger partial charge in [-0.2, -0.15) is 0 Å². The fourth-order valence-electron chi connectivity index (χ4n) is 10.6. The number of aromatic nitrogens is 21. The first kappa shape index (κ1) is 75.1. The Hall–Kier alpha value is -10.3. The van der Waals surface area contributed by atoms with Crippen molar-refractivity contribution in [1.29, 1.82) is 0 Å². The number of rotatable bonds is 9. The van der Waals surface area contributed by atoms with Crippen molar-refractivity contribution in [3.05, 3.63) is 149 Å². The standard InChI is InChI=1S/C12H13N3.C11H15N3.C10H14N4.C10H13N3O.C10H13N3S.C9H12N4.C8H10N4S.CH4/c1-4-9-7-15(8(2)3)12-11(9)10(13)5-6-14-12;1-7(2)14-6-8(3)10-9(12)4-5-13-11(10)14;1-7(2)14-6-13-9-8(11-3)4-5-12-10(9)14;1-6(2)13-5-4-8-9(13)11-7(3)12-10(8)14;1-7(2)13-6-12-9-8(14-3)4-5-11-10(9)13;1-6(2)13-5-11-8-4-10-7(3)12-9(8)13;1-5(2)12-4-11-6-7(12)9-3-10-8(6)13;/h1,5-8H,2-3H3,(H2,13,14);4-7H,1-3H3,(H2,12,13);4-7H,1-3H3,(H,11,12);4-6H,1-3H3,(H,11,12,14);4-7H,1-3H3;4-6H,1-3H3;3-5H,1-2H3,(H,9,10,13);1H4. The SMILES string of the molecule is C.C#Cc1cn(C(C)C)c2nccc(N)c12.CC(C)n1cnc2c(=S)nc[nH]c21.CNc1ccnc2c1ncn2C(C)C.CSc1ccnc2c1ncn2C(C)C.Cc1cn(C(C)C)c2nccc(N)c12.Cc1nc2c(ccn2C(C)C)c(=O)[nH]1.Cc1ncc2ncn(C(C)C)c2n1. The number of terminal acetylenes is 1. The van der Waals surface area contributed by atoms with Gasteiger partial charge in [-0.25, -0.2) is 59.8 Å². The summed E-state index contributed by atoms with van der Waals surface area (Å²) in [6, 6.07) is 12.0. The van der Waals surface area contributed by atoms with Crippen molar-refractivity contribution >= 4 is 119 Å². The monoisotopic (exact) mass is 1360 g/mol. The number of pyridine rings is 4. The number of thioether (sulfide) groups is 1. The van der Waals surface area contributed by atoms with Gasteiger partial charge in [0.05, 0.1) is 59.9 Å². The Bertz CT molecular complexity index is 5050. The van der Waals surface area contributed by atoms with Gasteiger partial charge in [-0.05, 0) is 160 Å². The average Bonchev–Trinajstić information content (AvgIpc) is 1.65. The second-order valence-corrected chi connectivity index (χ2v) is 26.1. The molecule has 0 aromatic carbocycles. The van der Waals surface area contributed by atoms with Crippen LogP contribution < -0.4 is 22.3 Å². The van der Waals surface area contributed by atoms with Crippen LogP contribution in [0.4, 0.5) is 17.1 Å². The highest BCUT2D eigenvalue weighted by Gasteiger charge is 2.16. The number of nitrogens with one attached hydrogen (secondary N) is 3. The lowest BCUT2D eigenvalue weighted by molar-refractivity contribution is 0.612. The molecule has 0 aliphatic heterocycles. The molecule has 0 atom stereocenters. The number of nitrogens with zero attached hydrogens (tertiary/aromatic N) is 19. The van der Waals surface area contributed by atoms with Crippen molar-refractivity contribution in [2.75, 3.05) is 30.1 Å². The number of H-pyrrole nitrogens is 2. The first-order chi connectivity index (χ1) is 46.2. The summed E-state index contributed by atoms with van der Waals surface area (Å²) in [6.45, 7) is 35.3. The van der Waals surface area contributed by atoms with E-state index < -0.39 is 0 Å². The van der Waals surface area contributed by atoms with Gasteiger partial charge >= 0.3 is 0 Å². The van der Waals surface area contributed by atoms with Crippen LogP contribution in [0.5, 0.6) is 0 Å². The summed E-state index contributed by atoms with van der Waals surface area (Å²) >= 11 is 6.75. The molecule has 14 heterocycles. The van der Waals surface area contributed by atoms with E-state index in [0.717, 1.165) is 95.1 Å². The second kappa shape index (κ2) is 33.1. The van der Waals surface area contributed by atoms with Crippen LogP contribution in [-0.2, 0) is 0 Å². The van der Waals surface area contributed by atoms with Crippen LogP contribution in [0.3, 0.4) is 0 Å². The molecule has 0 spiro atoms. The van der Waals surface area contributed by atoms with E-state index in [1.165, 1.54) is 10.5 Å². The highest BCUT2D eigenvalue weighted by atomic mass is 32.2. The largest absolute Gasteiger partial charge is 0.398 e. The van der Waals surface area contributed by atoms with E-state index in [-0.39, 0.29) is 13.0 Å². The molecule has 0 aliphatic carbocycles. The van der Waals surface area contributed by atoms with Gasteiger partial charge in [-0.1, -0.05) is 25.6 Å². The summed E-state index contributed by atoms with van der Waals surface area (Å²) < 4.78 is 15.0. The van der Waals surface area contributed by atoms with Gasteiger partial charge in [0.1, 0.15) is 56.3 Å². The van der Waals surface area contributed by atoms with Crippen LogP contribution in [0.1, 0.15) is 169 Å². The van der Waals surface area contributed by atoms with E-state index in [0.29, 0.717) is 63.8 Å². The van der Waals surface area contributed by atoms with Gasteiger partial charge < -0.3 is 58.7 Å². The zero-order chi connectivity index (χ0) is 70.7. The quantitative estimate of drug-likeness (QED) is 0.0509. The van der Waals surface area contributed by atoms with Crippen molar-refractivity contribution in [2.45, 2.75) is 172 Å². The van der Waals surface area contributed by atoms with Crippen LogP contribution >= 0.6 is 24.0 Å². The van der Waals surface area contributed by atoms with E-state index in [9.17, 15) is 4.79 Å². The molecular weight excluding hydrogens is 1270 g/mol. The average molecular weight is 1360 g/mol. The molecule has 516 valence electrons. The Kier molecular flexibility index (Phi) is 25.3. The van der Waals surface area contributed by atoms with Crippen LogP contribution in [0.15, 0.2) is 121 Å². The van der Waals surface area contributed by atoms with Crippen molar-refractivity contribution in [1.82, 2.24) is 102 Å². The summed E-state index contributed by atoms with van der Waals surface area (Å²) in [4.78, 5) is 69.7. The van der Waals surface area contributed by atoms with Gasteiger partial charge in [0.25, 0.3) is 5.56 Å². The van der Waals surface area contributed by atoms with Gasteiger partial charge in [-0.15, -0.1) is 18.2 Å². The minimum Gasteiger partial charge on any atom is -0.398 e. The molecule has 25 nitrogen and oxygen atoms in total. The predicted octanol–water partition coefficient (Wildman–Crippen LogP) is 15.5. The maximum atomic E-state index is 11.5. The Morgan fingerprint density at radius 1 is 0.551 bits per heavy atom. The fourth-order valence-corrected chi connectivity index (χ4v) is 11.3.